The second-order valence-corrected chi connectivity index (χ2v) is 6.82. The van der Waals surface area contributed by atoms with E-state index in [1.165, 1.54) is 21.8 Å². The molecule has 3 rings (SSSR count). The van der Waals surface area contributed by atoms with Crippen molar-refractivity contribution in [3.05, 3.63) is 67.4 Å². The summed E-state index contributed by atoms with van der Waals surface area (Å²) >= 11 is 1.43. The van der Waals surface area contributed by atoms with Crippen molar-refractivity contribution < 1.29 is 9.53 Å². The lowest BCUT2D eigenvalue weighted by molar-refractivity contribution is 0.0473. The summed E-state index contributed by atoms with van der Waals surface area (Å²) < 4.78 is 6.85. The second kappa shape index (κ2) is 6.57. The lowest BCUT2D eigenvalue weighted by Gasteiger charge is -2.07. The van der Waals surface area contributed by atoms with E-state index < -0.39 is 0 Å². The van der Waals surface area contributed by atoms with Gasteiger partial charge in [-0.2, -0.15) is 0 Å². The van der Waals surface area contributed by atoms with Crippen molar-refractivity contribution in [2.24, 2.45) is 0 Å². The van der Waals surface area contributed by atoms with E-state index in [1.54, 1.807) is 6.07 Å². The van der Waals surface area contributed by atoms with Crippen LogP contribution in [0.15, 0.2) is 35.1 Å². The Kier molecular flexibility index (Phi) is 4.49. The largest absolute Gasteiger partial charge is 0.455 e. The minimum Gasteiger partial charge on any atom is -0.455 e. The van der Waals surface area contributed by atoms with E-state index in [4.69, 9.17) is 4.74 Å². The number of carbonyl (C=O) groups excluding carboxylic acids is 1. The fourth-order valence-electron chi connectivity index (χ4n) is 2.62. The predicted octanol–water partition coefficient (Wildman–Crippen LogP) is 3.29. The molecule has 0 aliphatic heterocycles. The number of thiophene rings is 1. The highest BCUT2D eigenvalue weighted by atomic mass is 32.1. The van der Waals surface area contributed by atoms with E-state index in [9.17, 15) is 9.59 Å². The van der Waals surface area contributed by atoms with Crippen LogP contribution in [0.2, 0.25) is 0 Å². The van der Waals surface area contributed by atoms with Gasteiger partial charge in [0.1, 0.15) is 17.1 Å². The number of rotatable bonds is 4. The molecule has 0 amide bonds. The SMILES string of the molecule is CCc1cc(C(=O)OCc2cc(=O)n3c(C)cccc3n2)sc1C. The first kappa shape index (κ1) is 16.4. The normalized spacial score (nSPS) is 11.0. The van der Waals surface area contributed by atoms with Gasteiger partial charge >= 0.3 is 5.97 Å². The van der Waals surface area contributed by atoms with Crippen molar-refractivity contribution >= 4 is 23.0 Å². The van der Waals surface area contributed by atoms with Gasteiger partial charge in [-0.1, -0.05) is 13.0 Å². The zero-order valence-electron chi connectivity index (χ0n) is 13.8. The van der Waals surface area contributed by atoms with E-state index in [0.717, 1.165) is 22.6 Å². The Morgan fingerprint density at radius 3 is 2.79 bits per heavy atom. The van der Waals surface area contributed by atoms with Crippen LogP contribution in [0.1, 0.15) is 38.4 Å². The number of pyridine rings is 1. The minimum atomic E-state index is -0.381. The molecule has 0 aliphatic rings. The topological polar surface area (TPSA) is 60.7 Å². The van der Waals surface area contributed by atoms with Gasteiger partial charge in [0.25, 0.3) is 5.56 Å². The van der Waals surface area contributed by atoms with Crippen LogP contribution in [0.25, 0.3) is 5.65 Å². The highest BCUT2D eigenvalue weighted by Gasteiger charge is 2.14. The van der Waals surface area contributed by atoms with Gasteiger partial charge in [-0.25, -0.2) is 9.78 Å². The maximum absolute atomic E-state index is 12.2. The van der Waals surface area contributed by atoms with Crippen LogP contribution in [-0.2, 0) is 17.8 Å². The van der Waals surface area contributed by atoms with Crippen LogP contribution in [0.5, 0.6) is 0 Å². The zero-order chi connectivity index (χ0) is 17.3. The predicted molar refractivity (Wildman–Crippen MR) is 93.8 cm³/mol. The highest BCUT2D eigenvalue weighted by molar-refractivity contribution is 7.14. The molecule has 0 fully saturated rings. The average Bonchev–Trinajstić information content (AvgIpc) is 2.93. The van der Waals surface area contributed by atoms with Crippen molar-refractivity contribution in [1.82, 2.24) is 9.38 Å². The Hall–Kier alpha value is -2.47. The van der Waals surface area contributed by atoms with Crippen molar-refractivity contribution in [2.75, 3.05) is 0 Å². The summed E-state index contributed by atoms with van der Waals surface area (Å²) in [6, 6.07) is 8.72. The quantitative estimate of drug-likeness (QED) is 0.683. The molecule has 24 heavy (non-hydrogen) atoms. The molecule has 0 saturated heterocycles. The first-order valence-corrected chi connectivity index (χ1v) is 8.56. The third-order valence-electron chi connectivity index (χ3n) is 3.89. The standard InChI is InChI=1S/C18H18N2O3S/c1-4-13-8-15(24-12(13)3)18(22)23-10-14-9-17(21)20-11(2)6-5-7-16(20)19-14/h5-9H,4,10H2,1-3H3. The van der Waals surface area contributed by atoms with E-state index in [1.807, 2.05) is 32.0 Å². The minimum absolute atomic E-state index is 0.0169. The summed E-state index contributed by atoms with van der Waals surface area (Å²) in [7, 11) is 0. The van der Waals surface area contributed by atoms with E-state index in [-0.39, 0.29) is 18.1 Å². The summed E-state index contributed by atoms with van der Waals surface area (Å²) in [5.74, 6) is -0.381. The van der Waals surface area contributed by atoms with E-state index >= 15 is 0 Å². The number of aryl methyl sites for hydroxylation is 3. The molecule has 0 unspecified atom stereocenters. The van der Waals surface area contributed by atoms with Gasteiger partial charge in [0.2, 0.25) is 0 Å². The van der Waals surface area contributed by atoms with Crippen molar-refractivity contribution in [3.63, 3.8) is 0 Å². The molecule has 0 aliphatic carbocycles. The van der Waals surface area contributed by atoms with Gasteiger partial charge in [-0.05, 0) is 44.0 Å². The van der Waals surface area contributed by atoms with Gasteiger partial charge in [0, 0.05) is 16.6 Å². The molecule has 3 aromatic heterocycles. The van der Waals surface area contributed by atoms with Crippen molar-refractivity contribution in [1.29, 1.82) is 0 Å². The number of fused-ring (bicyclic) bond motifs is 1. The summed E-state index contributed by atoms with van der Waals surface area (Å²) in [6.45, 7) is 5.88. The number of ether oxygens (including phenoxy) is 1. The summed E-state index contributed by atoms with van der Waals surface area (Å²) in [5, 5.41) is 0. The van der Waals surface area contributed by atoms with Gasteiger partial charge in [0.15, 0.2) is 0 Å². The Morgan fingerprint density at radius 1 is 1.29 bits per heavy atom. The van der Waals surface area contributed by atoms with Crippen molar-refractivity contribution in [3.8, 4) is 0 Å². The van der Waals surface area contributed by atoms with Crippen LogP contribution in [0.3, 0.4) is 0 Å². The lowest BCUT2D eigenvalue weighted by Crippen LogP contribution is -2.18. The number of aromatic nitrogens is 2. The van der Waals surface area contributed by atoms with E-state index in [2.05, 4.69) is 11.9 Å². The number of hydrogen-bond acceptors (Lipinski definition) is 5. The maximum Gasteiger partial charge on any atom is 0.348 e. The first-order valence-electron chi connectivity index (χ1n) is 7.74. The van der Waals surface area contributed by atoms with Crippen LogP contribution in [0.4, 0.5) is 0 Å². The van der Waals surface area contributed by atoms with Crippen LogP contribution >= 0.6 is 11.3 Å². The number of hydrogen-bond donors (Lipinski definition) is 0. The molecule has 124 valence electrons. The van der Waals surface area contributed by atoms with Gasteiger partial charge in [-0.3, -0.25) is 9.20 Å². The molecule has 0 bridgehead atoms. The van der Waals surface area contributed by atoms with Crippen LogP contribution in [-0.4, -0.2) is 15.4 Å². The molecule has 3 heterocycles. The Bertz CT molecular complexity index is 972. The molecule has 0 radical (unpaired) electrons. The van der Waals surface area contributed by atoms with Gasteiger partial charge in [-0.15, -0.1) is 11.3 Å². The van der Waals surface area contributed by atoms with Gasteiger partial charge in [0.05, 0.1) is 5.69 Å². The Balaban J connectivity index is 1.80. The molecule has 0 N–H and O–H groups in total. The smallest absolute Gasteiger partial charge is 0.348 e. The summed E-state index contributed by atoms with van der Waals surface area (Å²) in [6.07, 6.45) is 0.887. The number of nitrogens with zero attached hydrogens (tertiary/aromatic N) is 2. The molecule has 3 aromatic rings. The maximum atomic E-state index is 12.2. The molecular formula is C18H18N2O3S. The first-order chi connectivity index (χ1) is 11.5. The van der Waals surface area contributed by atoms with E-state index in [0.29, 0.717) is 16.2 Å². The lowest BCUT2D eigenvalue weighted by atomic mass is 10.2. The highest BCUT2D eigenvalue weighted by Crippen LogP contribution is 2.23. The summed E-state index contributed by atoms with van der Waals surface area (Å²) in [4.78, 5) is 30.5. The molecule has 0 aromatic carbocycles. The fourth-order valence-corrected chi connectivity index (χ4v) is 3.63. The molecule has 6 heteroatoms. The van der Waals surface area contributed by atoms with Gasteiger partial charge < -0.3 is 4.74 Å². The fraction of sp³-hybridized carbons (Fsp3) is 0.278. The zero-order valence-corrected chi connectivity index (χ0v) is 14.6. The monoisotopic (exact) mass is 342 g/mol. The number of esters is 1. The average molecular weight is 342 g/mol. The molecule has 0 spiro atoms. The Morgan fingerprint density at radius 2 is 2.08 bits per heavy atom. The van der Waals surface area contributed by atoms with Crippen molar-refractivity contribution in [2.45, 2.75) is 33.8 Å². The number of carbonyl (C=O) groups is 1. The molecule has 5 nitrogen and oxygen atoms in total. The molecule has 0 atom stereocenters. The second-order valence-electron chi connectivity index (χ2n) is 5.57. The molecule has 0 saturated carbocycles. The van der Waals surface area contributed by atoms with Crippen LogP contribution in [0, 0.1) is 13.8 Å². The third-order valence-corrected chi connectivity index (χ3v) is 4.96. The summed E-state index contributed by atoms with van der Waals surface area (Å²) in [5.41, 5.74) is 2.79. The molecular weight excluding hydrogens is 324 g/mol. The third kappa shape index (κ3) is 3.10. The Labute approximate surface area is 143 Å². The van der Waals surface area contributed by atoms with Crippen LogP contribution < -0.4 is 5.56 Å².